The molecule has 1 aliphatic heterocycles. The zero-order valence-electron chi connectivity index (χ0n) is 16.8. The largest absolute Gasteiger partial charge is 0.420 e. The van der Waals surface area contributed by atoms with E-state index in [0.717, 1.165) is 23.5 Å². The van der Waals surface area contributed by atoms with Crippen molar-refractivity contribution in [2.24, 2.45) is 7.05 Å². The van der Waals surface area contributed by atoms with Gasteiger partial charge in [0.1, 0.15) is 18.6 Å². The Morgan fingerprint density at radius 1 is 1.27 bits per heavy atom. The number of para-hydroxylation sites is 2. The molecule has 4 heterocycles. The van der Waals surface area contributed by atoms with Crippen LogP contribution in [0.4, 0.5) is 0 Å². The predicted octanol–water partition coefficient (Wildman–Crippen LogP) is 1.19. The van der Waals surface area contributed by atoms with E-state index in [1.807, 2.05) is 29.3 Å². The number of nitrogens with zero attached hydrogens (tertiary/aromatic N) is 7. The topological polar surface area (TPSA) is 104 Å². The Hall–Kier alpha value is -3.69. The first-order valence-corrected chi connectivity index (χ1v) is 9.86. The third-order valence-corrected chi connectivity index (χ3v) is 5.63. The van der Waals surface area contributed by atoms with Crippen LogP contribution < -0.4 is 5.76 Å². The number of aryl methyl sites for hydroxylation is 2. The molecular weight excluding hydrogens is 386 g/mol. The van der Waals surface area contributed by atoms with Crippen molar-refractivity contribution in [3.8, 4) is 11.5 Å². The minimum Gasteiger partial charge on any atom is -0.408 e. The SMILES string of the molecule is CCn1cnnc1-c1nn(C)c2c1CN(C(=O)Cn1c(=O)oc3ccccc31)CC2. The number of carbonyl (C=O) groups is 1. The Morgan fingerprint density at radius 2 is 2.10 bits per heavy atom. The third-order valence-electron chi connectivity index (χ3n) is 5.63. The third kappa shape index (κ3) is 2.83. The van der Waals surface area contributed by atoms with E-state index in [0.29, 0.717) is 36.4 Å². The van der Waals surface area contributed by atoms with Crippen molar-refractivity contribution in [1.29, 1.82) is 0 Å². The molecule has 0 atom stereocenters. The molecule has 5 rings (SSSR count). The van der Waals surface area contributed by atoms with Crippen molar-refractivity contribution in [3.05, 3.63) is 52.4 Å². The molecule has 30 heavy (non-hydrogen) atoms. The Kier molecular flexibility index (Phi) is 4.27. The summed E-state index contributed by atoms with van der Waals surface area (Å²) in [5, 5.41) is 12.9. The minimum absolute atomic E-state index is 0.0636. The molecule has 10 heteroatoms. The second-order valence-electron chi connectivity index (χ2n) is 7.33. The van der Waals surface area contributed by atoms with Gasteiger partial charge >= 0.3 is 5.76 Å². The van der Waals surface area contributed by atoms with Crippen LogP contribution in [-0.2, 0) is 37.9 Å². The number of fused-ring (bicyclic) bond motifs is 2. The van der Waals surface area contributed by atoms with Crippen LogP contribution in [0, 0.1) is 0 Å². The number of carbonyl (C=O) groups excluding carboxylic acids is 1. The highest BCUT2D eigenvalue weighted by atomic mass is 16.4. The van der Waals surface area contributed by atoms with Gasteiger partial charge in [0.15, 0.2) is 11.4 Å². The van der Waals surface area contributed by atoms with Crippen LogP contribution in [0.5, 0.6) is 0 Å². The maximum Gasteiger partial charge on any atom is 0.420 e. The summed E-state index contributed by atoms with van der Waals surface area (Å²) < 4.78 is 10.4. The number of benzene rings is 1. The number of aromatic nitrogens is 6. The molecular formula is C20H21N7O3. The average molecular weight is 407 g/mol. The molecule has 1 aromatic carbocycles. The second kappa shape index (κ2) is 6.97. The number of oxazole rings is 1. The van der Waals surface area contributed by atoms with Crippen LogP contribution in [0.1, 0.15) is 18.2 Å². The summed E-state index contributed by atoms with van der Waals surface area (Å²) >= 11 is 0. The summed E-state index contributed by atoms with van der Waals surface area (Å²) in [5.74, 6) is 0.0297. The fourth-order valence-corrected chi connectivity index (χ4v) is 4.05. The lowest BCUT2D eigenvalue weighted by atomic mass is 10.0. The smallest absolute Gasteiger partial charge is 0.408 e. The highest BCUT2D eigenvalue weighted by Gasteiger charge is 2.29. The Morgan fingerprint density at radius 3 is 2.93 bits per heavy atom. The summed E-state index contributed by atoms with van der Waals surface area (Å²) in [7, 11) is 1.91. The van der Waals surface area contributed by atoms with Gasteiger partial charge in [-0.05, 0) is 19.1 Å². The normalized spacial score (nSPS) is 13.7. The van der Waals surface area contributed by atoms with E-state index in [9.17, 15) is 9.59 Å². The van der Waals surface area contributed by atoms with E-state index in [2.05, 4.69) is 15.3 Å². The molecule has 0 fully saturated rings. The molecule has 0 saturated carbocycles. The Bertz CT molecular complexity index is 1310. The quantitative estimate of drug-likeness (QED) is 0.503. The number of amides is 1. The Balaban J connectivity index is 1.45. The molecule has 0 aliphatic carbocycles. The highest BCUT2D eigenvalue weighted by Crippen LogP contribution is 2.28. The van der Waals surface area contributed by atoms with Gasteiger partial charge in [0, 0.05) is 44.4 Å². The van der Waals surface area contributed by atoms with E-state index in [-0.39, 0.29) is 12.5 Å². The summed E-state index contributed by atoms with van der Waals surface area (Å²) in [6, 6.07) is 7.11. The lowest BCUT2D eigenvalue weighted by molar-refractivity contribution is -0.132. The second-order valence-corrected chi connectivity index (χ2v) is 7.33. The van der Waals surface area contributed by atoms with Crippen molar-refractivity contribution >= 4 is 17.0 Å². The molecule has 3 aromatic heterocycles. The zero-order valence-corrected chi connectivity index (χ0v) is 16.8. The van der Waals surface area contributed by atoms with E-state index in [1.54, 1.807) is 29.4 Å². The van der Waals surface area contributed by atoms with E-state index < -0.39 is 5.76 Å². The van der Waals surface area contributed by atoms with Crippen LogP contribution in [0.25, 0.3) is 22.6 Å². The molecule has 0 unspecified atom stereocenters. The molecule has 0 radical (unpaired) electrons. The lowest BCUT2D eigenvalue weighted by Gasteiger charge is -2.27. The van der Waals surface area contributed by atoms with Crippen LogP contribution in [0.3, 0.4) is 0 Å². The van der Waals surface area contributed by atoms with Crippen molar-refractivity contribution in [1.82, 2.24) is 34.0 Å². The monoisotopic (exact) mass is 407 g/mol. The van der Waals surface area contributed by atoms with Gasteiger partial charge in [-0.2, -0.15) is 5.10 Å². The minimum atomic E-state index is -0.527. The summed E-state index contributed by atoms with van der Waals surface area (Å²) in [6.45, 7) is 3.66. The molecule has 154 valence electrons. The van der Waals surface area contributed by atoms with Gasteiger partial charge in [0.25, 0.3) is 0 Å². The Labute approximate surface area is 171 Å². The molecule has 0 N–H and O–H groups in total. The first-order chi connectivity index (χ1) is 14.6. The summed E-state index contributed by atoms with van der Waals surface area (Å²) in [5.41, 5.74) is 3.90. The van der Waals surface area contributed by atoms with Gasteiger partial charge < -0.3 is 13.9 Å². The molecule has 4 aromatic rings. The molecule has 1 aliphatic rings. The van der Waals surface area contributed by atoms with Crippen LogP contribution in [-0.4, -0.2) is 46.5 Å². The number of hydrogen-bond acceptors (Lipinski definition) is 6. The summed E-state index contributed by atoms with van der Waals surface area (Å²) in [6.07, 6.45) is 2.37. The van der Waals surface area contributed by atoms with Crippen molar-refractivity contribution < 1.29 is 9.21 Å². The molecule has 0 bridgehead atoms. The predicted molar refractivity (Wildman–Crippen MR) is 107 cm³/mol. The van der Waals surface area contributed by atoms with Gasteiger partial charge in [-0.25, -0.2) is 4.79 Å². The van der Waals surface area contributed by atoms with Crippen LogP contribution >= 0.6 is 0 Å². The molecule has 1 amide bonds. The zero-order chi connectivity index (χ0) is 20.8. The van der Waals surface area contributed by atoms with Gasteiger partial charge in [-0.3, -0.25) is 14.0 Å². The van der Waals surface area contributed by atoms with E-state index >= 15 is 0 Å². The first kappa shape index (κ1) is 18.3. The fraction of sp³-hybridized carbons (Fsp3) is 0.350. The number of hydrogen-bond donors (Lipinski definition) is 0. The van der Waals surface area contributed by atoms with Gasteiger partial charge in [-0.15, -0.1) is 10.2 Å². The maximum atomic E-state index is 13.1. The first-order valence-electron chi connectivity index (χ1n) is 9.86. The highest BCUT2D eigenvalue weighted by molar-refractivity contribution is 5.80. The lowest BCUT2D eigenvalue weighted by Crippen LogP contribution is -2.39. The fourth-order valence-electron chi connectivity index (χ4n) is 4.05. The van der Waals surface area contributed by atoms with Crippen molar-refractivity contribution in [2.75, 3.05) is 6.54 Å². The van der Waals surface area contributed by atoms with Crippen molar-refractivity contribution in [2.45, 2.75) is 33.0 Å². The molecule has 10 nitrogen and oxygen atoms in total. The van der Waals surface area contributed by atoms with E-state index in [4.69, 9.17) is 4.42 Å². The average Bonchev–Trinajstić information content (AvgIpc) is 3.44. The maximum absolute atomic E-state index is 13.1. The van der Waals surface area contributed by atoms with Crippen LogP contribution in [0.2, 0.25) is 0 Å². The molecule has 0 spiro atoms. The van der Waals surface area contributed by atoms with Crippen molar-refractivity contribution in [3.63, 3.8) is 0 Å². The van der Waals surface area contributed by atoms with Crippen LogP contribution in [0.15, 0.2) is 39.8 Å². The summed E-state index contributed by atoms with van der Waals surface area (Å²) in [4.78, 5) is 27.1. The molecule has 0 saturated heterocycles. The number of rotatable bonds is 4. The van der Waals surface area contributed by atoms with Gasteiger partial charge in [0.2, 0.25) is 5.91 Å². The standard InChI is InChI=1S/C20H21N7O3/c1-3-25-12-21-22-19(25)18-13-10-26(9-8-14(13)24(2)23-18)17(28)11-27-15-6-4-5-7-16(15)30-20(27)29/h4-7,12H,3,8-11H2,1-2H3. The van der Waals surface area contributed by atoms with Gasteiger partial charge in [0.05, 0.1) is 5.52 Å². The van der Waals surface area contributed by atoms with Gasteiger partial charge in [-0.1, -0.05) is 12.1 Å². The van der Waals surface area contributed by atoms with E-state index in [1.165, 1.54) is 4.57 Å².